The van der Waals surface area contributed by atoms with Gasteiger partial charge in [-0.3, -0.25) is 0 Å². The van der Waals surface area contributed by atoms with Crippen molar-refractivity contribution in [3.8, 4) is 10.8 Å². The average molecular weight is 358 g/mol. The minimum absolute atomic E-state index is 0.349. The van der Waals surface area contributed by atoms with Crippen LogP contribution in [0.4, 0.5) is 0 Å². The minimum atomic E-state index is -0.349. The number of thiophene rings is 2. The molecule has 4 rings (SSSR count). The zero-order chi connectivity index (χ0) is 16.7. The van der Waals surface area contributed by atoms with Gasteiger partial charge in [-0.05, 0) is 35.9 Å². The van der Waals surface area contributed by atoms with Crippen molar-refractivity contribution in [3.05, 3.63) is 52.2 Å². The third kappa shape index (κ3) is 2.46. The molecule has 0 saturated heterocycles. The number of fused-ring (bicyclic) bond motifs is 1. The molecule has 0 bridgehead atoms. The van der Waals surface area contributed by atoms with Crippen molar-refractivity contribution in [1.82, 2.24) is 9.55 Å². The summed E-state index contributed by atoms with van der Waals surface area (Å²) in [5.74, 6) is 1.03. The topological polar surface area (TPSA) is 57.3 Å². The summed E-state index contributed by atoms with van der Waals surface area (Å²) >= 11 is 3.18. The molecular weight excluding hydrogens is 344 g/mol. The molecule has 122 valence electrons. The lowest BCUT2D eigenvalue weighted by Crippen LogP contribution is -2.11. The highest BCUT2D eigenvalue weighted by molar-refractivity contribution is 7.16. The van der Waals surface area contributed by atoms with E-state index in [4.69, 9.17) is 9.15 Å². The summed E-state index contributed by atoms with van der Waals surface area (Å²) in [4.78, 5) is 18.7. The molecular formula is C17H14N2O3S2. The lowest BCUT2D eigenvalue weighted by Gasteiger charge is -2.07. The summed E-state index contributed by atoms with van der Waals surface area (Å²) in [6, 6.07) is 7.80. The summed E-state index contributed by atoms with van der Waals surface area (Å²) in [7, 11) is 1.39. The number of aromatic nitrogens is 2. The first kappa shape index (κ1) is 15.2. The smallest absolute Gasteiger partial charge is 0.354 e. The highest BCUT2D eigenvalue weighted by Crippen LogP contribution is 2.29. The van der Waals surface area contributed by atoms with E-state index in [9.17, 15) is 4.79 Å². The van der Waals surface area contributed by atoms with Gasteiger partial charge in [0.05, 0.1) is 18.5 Å². The van der Waals surface area contributed by atoms with E-state index in [1.807, 2.05) is 46.5 Å². The molecule has 0 radical (unpaired) electrons. The molecule has 0 amide bonds. The SMILES string of the molecule is COC(=O)c1cc2ccsc2n1Cc1nc(-c2cccs2)oc1C. The van der Waals surface area contributed by atoms with E-state index in [1.54, 1.807) is 22.7 Å². The van der Waals surface area contributed by atoms with Gasteiger partial charge in [0.15, 0.2) is 0 Å². The predicted octanol–water partition coefficient (Wildman–Crippen LogP) is 4.56. The first-order valence-electron chi connectivity index (χ1n) is 7.32. The van der Waals surface area contributed by atoms with Gasteiger partial charge in [-0.25, -0.2) is 9.78 Å². The summed E-state index contributed by atoms with van der Waals surface area (Å²) in [5, 5.41) is 5.03. The van der Waals surface area contributed by atoms with E-state index in [1.165, 1.54) is 7.11 Å². The van der Waals surface area contributed by atoms with Crippen LogP contribution in [-0.2, 0) is 11.3 Å². The highest BCUT2D eigenvalue weighted by Gasteiger charge is 2.20. The molecule has 0 N–H and O–H groups in total. The normalized spacial score (nSPS) is 11.2. The molecule has 0 atom stereocenters. The van der Waals surface area contributed by atoms with Crippen LogP contribution in [0.1, 0.15) is 21.9 Å². The van der Waals surface area contributed by atoms with Gasteiger partial charge in [0, 0.05) is 5.39 Å². The van der Waals surface area contributed by atoms with Gasteiger partial charge in [0.25, 0.3) is 0 Å². The van der Waals surface area contributed by atoms with Crippen molar-refractivity contribution < 1.29 is 13.9 Å². The Morgan fingerprint density at radius 2 is 2.21 bits per heavy atom. The fourth-order valence-electron chi connectivity index (χ4n) is 2.64. The van der Waals surface area contributed by atoms with Gasteiger partial charge in [-0.1, -0.05) is 6.07 Å². The third-order valence-electron chi connectivity index (χ3n) is 3.83. The number of carbonyl (C=O) groups excluding carboxylic acids is 1. The molecule has 4 aromatic heterocycles. The predicted molar refractivity (Wildman–Crippen MR) is 94.8 cm³/mol. The Morgan fingerprint density at radius 3 is 2.96 bits per heavy atom. The van der Waals surface area contributed by atoms with Crippen LogP contribution in [0, 0.1) is 6.92 Å². The Labute approximate surface area is 146 Å². The van der Waals surface area contributed by atoms with Gasteiger partial charge in [-0.2, -0.15) is 0 Å². The van der Waals surface area contributed by atoms with Crippen LogP contribution in [0.3, 0.4) is 0 Å². The van der Waals surface area contributed by atoms with Crippen molar-refractivity contribution >= 4 is 38.9 Å². The molecule has 0 fully saturated rings. The first-order valence-corrected chi connectivity index (χ1v) is 9.08. The van der Waals surface area contributed by atoms with Crippen LogP contribution in [-0.4, -0.2) is 22.6 Å². The molecule has 0 aromatic carbocycles. The van der Waals surface area contributed by atoms with E-state index in [-0.39, 0.29) is 5.97 Å². The van der Waals surface area contributed by atoms with Crippen LogP contribution in [0.5, 0.6) is 0 Å². The summed E-state index contributed by atoms with van der Waals surface area (Å²) < 4.78 is 12.7. The second-order valence-electron chi connectivity index (χ2n) is 5.29. The van der Waals surface area contributed by atoms with Crippen LogP contribution in [0.2, 0.25) is 0 Å². The Hall–Kier alpha value is -2.38. The van der Waals surface area contributed by atoms with E-state index >= 15 is 0 Å². The van der Waals surface area contributed by atoms with Crippen molar-refractivity contribution in [2.75, 3.05) is 7.11 Å². The van der Waals surface area contributed by atoms with Gasteiger partial charge < -0.3 is 13.7 Å². The molecule has 5 nitrogen and oxygen atoms in total. The number of aryl methyl sites for hydroxylation is 1. The molecule has 0 aliphatic heterocycles. The number of methoxy groups -OCH3 is 1. The number of oxazole rings is 1. The fraction of sp³-hybridized carbons (Fsp3) is 0.176. The maximum atomic E-state index is 12.1. The van der Waals surface area contributed by atoms with Gasteiger partial charge in [0.2, 0.25) is 5.89 Å². The van der Waals surface area contributed by atoms with Crippen molar-refractivity contribution in [1.29, 1.82) is 0 Å². The molecule has 4 aromatic rings. The number of ether oxygens (including phenoxy) is 1. The molecule has 0 spiro atoms. The van der Waals surface area contributed by atoms with Crippen LogP contribution < -0.4 is 0 Å². The number of esters is 1. The number of hydrogen-bond acceptors (Lipinski definition) is 6. The second kappa shape index (κ2) is 5.92. The average Bonchev–Trinajstić information content (AvgIpc) is 3.32. The summed E-state index contributed by atoms with van der Waals surface area (Å²) in [6.45, 7) is 2.36. The Balaban J connectivity index is 1.77. The van der Waals surface area contributed by atoms with E-state index < -0.39 is 0 Å². The number of hydrogen-bond donors (Lipinski definition) is 0. The van der Waals surface area contributed by atoms with Crippen molar-refractivity contribution in [2.45, 2.75) is 13.5 Å². The summed E-state index contributed by atoms with van der Waals surface area (Å²) in [5.41, 5.74) is 1.34. The lowest BCUT2D eigenvalue weighted by molar-refractivity contribution is 0.0589. The van der Waals surface area contributed by atoms with Crippen molar-refractivity contribution in [3.63, 3.8) is 0 Å². The van der Waals surface area contributed by atoms with Gasteiger partial charge in [-0.15, -0.1) is 22.7 Å². The molecule has 0 aliphatic carbocycles. The van der Waals surface area contributed by atoms with E-state index in [0.29, 0.717) is 18.1 Å². The van der Waals surface area contributed by atoms with Crippen LogP contribution >= 0.6 is 22.7 Å². The zero-order valence-corrected chi connectivity index (χ0v) is 14.7. The van der Waals surface area contributed by atoms with Crippen LogP contribution in [0.25, 0.3) is 21.0 Å². The van der Waals surface area contributed by atoms with E-state index in [0.717, 1.165) is 26.5 Å². The van der Waals surface area contributed by atoms with Gasteiger partial charge >= 0.3 is 5.97 Å². The van der Waals surface area contributed by atoms with Crippen LogP contribution in [0.15, 0.2) is 39.4 Å². The maximum Gasteiger partial charge on any atom is 0.354 e. The molecule has 0 unspecified atom stereocenters. The Morgan fingerprint density at radius 1 is 1.33 bits per heavy atom. The molecule has 4 heterocycles. The minimum Gasteiger partial charge on any atom is -0.464 e. The lowest BCUT2D eigenvalue weighted by atomic mass is 10.3. The number of nitrogens with zero attached hydrogens (tertiary/aromatic N) is 2. The van der Waals surface area contributed by atoms with E-state index in [2.05, 4.69) is 4.98 Å². The Kier molecular flexibility index (Phi) is 3.74. The number of carbonyl (C=O) groups is 1. The standard InChI is InChI=1S/C17H14N2O3S2/c1-10-12(18-15(22-10)14-4-3-6-23-14)9-19-13(17(20)21-2)8-11-5-7-24-16(11)19/h3-8H,9H2,1-2H3. The third-order valence-corrected chi connectivity index (χ3v) is 5.64. The first-order chi connectivity index (χ1) is 11.7. The summed E-state index contributed by atoms with van der Waals surface area (Å²) in [6.07, 6.45) is 0. The second-order valence-corrected chi connectivity index (χ2v) is 7.13. The monoisotopic (exact) mass is 358 g/mol. The molecule has 0 aliphatic rings. The van der Waals surface area contributed by atoms with Crippen molar-refractivity contribution in [2.24, 2.45) is 0 Å². The Bertz CT molecular complexity index is 1010. The maximum absolute atomic E-state index is 12.1. The van der Waals surface area contributed by atoms with Gasteiger partial charge in [0.1, 0.15) is 22.0 Å². The largest absolute Gasteiger partial charge is 0.464 e. The number of rotatable bonds is 4. The fourth-order valence-corrected chi connectivity index (χ4v) is 4.18. The molecule has 0 saturated carbocycles. The quantitative estimate of drug-likeness (QED) is 0.502. The molecule has 24 heavy (non-hydrogen) atoms. The molecule has 7 heteroatoms. The zero-order valence-electron chi connectivity index (χ0n) is 13.1. The highest BCUT2D eigenvalue weighted by atomic mass is 32.1.